The van der Waals surface area contributed by atoms with Crippen molar-refractivity contribution in [1.82, 2.24) is 15.6 Å². The van der Waals surface area contributed by atoms with Crippen LogP contribution in [-0.4, -0.2) is 24.0 Å². The van der Waals surface area contributed by atoms with Gasteiger partial charge in [-0.1, -0.05) is 30.4 Å². The van der Waals surface area contributed by atoms with E-state index in [0.29, 0.717) is 12.8 Å². The molecular formula is C22H24F3N3OS. The molecule has 0 spiro atoms. The van der Waals surface area contributed by atoms with Gasteiger partial charge < -0.3 is 5.32 Å². The van der Waals surface area contributed by atoms with Gasteiger partial charge in [0.15, 0.2) is 0 Å². The van der Waals surface area contributed by atoms with Crippen LogP contribution in [-0.2, 0) is 17.4 Å². The van der Waals surface area contributed by atoms with Crippen LogP contribution in [0.15, 0.2) is 59.6 Å². The van der Waals surface area contributed by atoms with E-state index in [-0.39, 0.29) is 11.9 Å². The van der Waals surface area contributed by atoms with Gasteiger partial charge >= 0.3 is 6.18 Å². The van der Waals surface area contributed by atoms with Crippen LogP contribution < -0.4 is 10.6 Å². The van der Waals surface area contributed by atoms with Crippen molar-refractivity contribution in [3.63, 3.8) is 0 Å². The molecule has 0 aliphatic heterocycles. The van der Waals surface area contributed by atoms with E-state index in [1.165, 1.54) is 23.5 Å². The van der Waals surface area contributed by atoms with E-state index in [1.807, 2.05) is 17.5 Å². The lowest BCUT2D eigenvalue weighted by Gasteiger charge is -2.25. The standard InChI is InChI=1S/C22H24F3N3OS/c1-26-20(29)19(16-5-3-2-4-6-16)28-18(21-27-13-14-30-21)12-9-15-7-10-17(11-8-15)22(23,24)25/h3,5-8,10-11,13-14,18-19,28H,2,4,9,12H2,1H3,(H,26,29). The number of nitrogens with zero attached hydrogens (tertiary/aromatic N) is 1. The highest BCUT2D eigenvalue weighted by molar-refractivity contribution is 7.09. The minimum absolute atomic E-state index is 0.135. The van der Waals surface area contributed by atoms with Crippen molar-refractivity contribution in [2.45, 2.75) is 43.9 Å². The molecule has 1 heterocycles. The van der Waals surface area contributed by atoms with Gasteiger partial charge in [-0.2, -0.15) is 13.2 Å². The van der Waals surface area contributed by atoms with Crippen LogP contribution in [0.5, 0.6) is 0 Å². The maximum Gasteiger partial charge on any atom is 0.416 e. The lowest BCUT2D eigenvalue weighted by molar-refractivity contribution is -0.137. The molecule has 2 atom stereocenters. The Morgan fingerprint density at radius 2 is 2.00 bits per heavy atom. The molecular weight excluding hydrogens is 411 g/mol. The van der Waals surface area contributed by atoms with Crippen molar-refractivity contribution in [3.8, 4) is 0 Å². The fourth-order valence-corrected chi connectivity index (χ4v) is 4.11. The first-order chi connectivity index (χ1) is 14.4. The molecule has 1 aliphatic carbocycles. The molecule has 0 radical (unpaired) electrons. The molecule has 2 aromatic rings. The number of halogens is 3. The number of likely N-dealkylation sites (N-methyl/N-ethyl adjacent to an activating group) is 1. The second kappa shape index (κ2) is 10.0. The molecule has 2 N–H and O–H groups in total. The van der Waals surface area contributed by atoms with Crippen molar-refractivity contribution >= 4 is 17.2 Å². The quantitative estimate of drug-likeness (QED) is 0.625. The van der Waals surface area contributed by atoms with Gasteiger partial charge in [-0.3, -0.25) is 10.1 Å². The number of benzene rings is 1. The topological polar surface area (TPSA) is 54.0 Å². The average Bonchev–Trinajstić information content (AvgIpc) is 3.28. The summed E-state index contributed by atoms with van der Waals surface area (Å²) in [6.45, 7) is 0. The van der Waals surface area contributed by atoms with E-state index in [4.69, 9.17) is 0 Å². The highest BCUT2D eigenvalue weighted by Gasteiger charge is 2.30. The largest absolute Gasteiger partial charge is 0.416 e. The van der Waals surface area contributed by atoms with E-state index in [9.17, 15) is 18.0 Å². The Morgan fingerprint density at radius 1 is 1.23 bits per heavy atom. The number of hydrogen-bond donors (Lipinski definition) is 2. The summed E-state index contributed by atoms with van der Waals surface area (Å²) in [5, 5.41) is 8.84. The number of nitrogens with one attached hydrogen (secondary N) is 2. The molecule has 0 fully saturated rings. The van der Waals surface area contributed by atoms with Crippen molar-refractivity contribution in [2.75, 3.05) is 7.05 Å². The lowest BCUT2D eigenvalue weighted by Crippen LogP contribution is -2.45. The van der Waals surface area contributed by atoms with Crippen LogP contribution in [0.3, 0.4) is 0 Å². The molecule has 0 bridgehead atoms. The number of aromatic nitrogens is 1. The van der Waals surface area contributed by atoms with Crippen LogP contribution in [0.25, 0.3) is 0 Å². The minimum atomic E-state index is -4.34. The predicted octanol–water partition coefficient (Wildman–Crippen LogP) is 4.82. The molecule has 1 aromatic carbocycles. The van der Waals surface area contributed by atoms with Crippen molar-refractivity contribution in [3.05, 3.63) is 75.8 Å². The van der Waals surface area contributed by atoms with Gasteiger partial charge in [0.2, 0.25) is 5.91 Å². The highest BCUT2D eigenvalue weighted by Crippen LogP contribution is 2.30. The Labute approximate surface area is 177 Å². The van der Waals surface area contributed by atoms with Crippen LogP contribution >= 0.6 is 11.3 Å². The number of allylic oxidation sites excluding steroid dienone is 2. The maximum absolute atomic E-state index is 12.8. The zero-order valence-corrected chi connectivity index (χ0v) is 17.4. The summed E-state index contributed by atoms with van der Waals surface area (Å²) in [7, 11) is 1.60. The summed E-state index contributed by atoms with van der Waals surface area (Å²) >= 11 is 1.49. The van der Waals surface area contributed by atoms with Crippen molar-refractivity contribution in [1.29, 1.82) is 0 Å². The molecule has 4 nitrogen and oxygen atoms in total. The molecule has 3 rings (SSSR count). The summed E-state index contributed by atoms with van der Waals surface area (Å²) in [5.74, 6) is -0.135. The van der Waals surface area contributed by atoms with Crippen LogP contribution in [0, 0.1) is 0 Å². The second-order valence-corrected chi connectivity index (χ2v) is 7.98. The number of aryl methyl sites for hydroxylation is 1. The zero-order chi connectivity index (χ0) is 21.6. The number of carbonyl (C=O) groups excluding carboxylic acids is 1. The summed E-state index contributed by atoms with van der Waals surface area (Å²) in [4.78, 5) is 16.9. The van der Waals surface area contributed by atoms with Gasteiger partial charge in [0.25, 0.3) is 0 Å². The fraction of sp³-hybridized carbons (Fsp3) is 0.364. The van der Waals surface area contributed by atoms with E-state index < -0.39 is 17.8 Å². The van der Waals surface area contributed by atoms with Crippen LogP contribution in [0.2, 0.25) is 0 Å². The molecule has 2 unspecified atom stereocenters. The number of carbonyl (C=O) groups is 1. The minimum Gasteiger partial charge on any atom is -0.358 e. The smallest absolute Gasteiger partial charge is 0.358 e. The highest BCUT2D eigenvalue weighted by atomic mass is 32.1. The normalized spacial score (nSPS) is 16.1. The first-order valence-corrected chi connectivity index (χ1v) is 10.7. The number of alkyl halides is 3. The third-order valence-corrected chi connectivity index (χ3v) is 5.88. The van der Waals surface area contributed by atoms with Gasteiger partial charge in [0, 0.05) is 18.6 Å². The van der Waals surface area contributed by atoms with Gasteiger partial charge in [-0.05, 0) is 49.0 Å². The number of rotatable bonds is 8. The third kappa shape index (κ3) is 5.79. The average molecular weight is 436 g/mol. The molecule has 160 valence electrons. The Hall–Kier alpha value is -2.45. The molecule has 8 heteroatoms. The molecule has 30 heavy (non-hydrogen) atoms. The Kier molecular flexibility index (Phi) is 7.44. The Balaban J connectivity index is 1.75. The second-order valence-electron chi connectivity index (χ2n) is 7.05. The Bertz CT molecular complexity index is 889. The van der Waals surface area contributed by atoms with Gasteiger partial charge in [0.1, 0.15) is 11.0 Å². The van der Waals surface area contributed by atoms with Crippen LogP contribution in [0.4, 0.5) is 13.2 Å². The summed E-state index contributed by atoms with van der Waals surface area (Å²) in [5.41, 5.74) is 1.06. The van der Waals surface area contributed by atoms with Gasteiger partial charge in [0.05, 0.1) is 11.6 Å². The molecule has 1 aliphatic rings. The van der Waals surface area contributed by atoms with Gasteiger partial charge in [-0.15, -0.1) is 11.3 Å². The van der Waals surface area contributed by atoms with E-state index in [2.05, 4.69) is 21.7 Å². The number of amides is 1. The predicted molar refractivity (Wildman–Crippen MR) is 112 cm³/mol. The van der Waals surface area contributed by atoms with E-state index >= 15 is 0 Å². The summed E-state index contributed by atoms with van der Waals surface area (Å²) < 4.78 is 38.4. The van der Waals surface area contributed by atoms with Crippen molar-refractivity contribution in [2.24, 2.45) is 0 Å². The lowest BCUT2D eigenvalue weighted by atomic mass is 9.97. The number of hydrogen-bond acceptors (Lipinski definition) is 4. The Morgan fingerprint density at radius 3 is 2.57 bits per heavy atom. The monoisotopic (exact) mass is 435 g/mol. The molecule has 1 aromatic heterocycles. The molecule has 0 saturated carbocycles. The fourth-order valence-electron chi connectivity index (χ4n) is 3.37. The third-order valence-electron chi connectivity index (χ3n) is 4.99. The van der Waals surface area contributed by atoms with E-state index in [0.717, 1.165) is 41.1 Å². The first kappa shape index (κ1) is 22.2. The molecule has 1 amide bonds. The first-order valence-electron chi connectivity index (χ1n) is 9.78. The SMILES string of the molecule is CNC(=O)C(NC(CCc1ccc(C(F)(F)F)cc1)c1nccs1)C1=CCCC=C1. The zero-order valence-electron chi connectivity index (χ0n) is 16.6. The number of thiazole rings is 1. The maximum atomic E-state index is 12.8. The molecule has 0 saturated heterocycles. The van der Waals surface area contributed by atoms with Crippen molar-refractivity contribution < 1.29 is 18.0 Å². The van der Waals surface area contributed by atoms with E-state index in [1.54, 1.807) is 13.2 Å². The summed E-state index contributed by atoms with van der Waals surface area (Å²) in [6, 6.07) is 4.49. The van der Waals surface area contributed by atoms with Crippen LogP contribution in [0.1, 0.15) is 41.4 Å². The van der Waals surface area contributed by atoms with Gasteiger partial charge in [-0.25, -0.2) is 4.98 Å². The summed E-state index contributed by atoms with van der Waals surface area (Å²) in [6.07, 6.45) is 6.43.